The molecule has 26 heavy (non-hydrogen) atoms. The van der Waals surface area contributed by atoms with Crippen molar-refractivity contribution in [3.05, 3.63) is 59.2 Å². The van der Waals surface area contributed by atoms with E-state index in [1.54, 1.807) is 26.4 Å². The summed E-state index contributed by atoms with van der Waals surface area (Å²) in [4.78, 5) is 11.4. The summed E-state index contributed by atoms with van der Waals surface area (Å²) in [5, 5.41) is 0. The predicted molar refractivity (Wildman–Crippen MR) is 98.2 cm³/mol. The Labute approximate surface area is 152 Å². The zero-order chi connectivity index (χ0) is 18.8. The van der Waals surface area contributed by atoms with Gasteiger partial charge in [-0.3, -0.25) is 0 Å². The van der Waals surface area contributed by atoms with Crippen molar-refractivity contribution in [1.29, 1.82) is 0 Å². The fourth-order valence-electron chi connectivity index (χ4n) is 2.15. The van der Waals surface area contributed by atoms with Gasteiger partial charge < -0.3 is 23.7 Å². The SMILES string of the molecule is COCOc1ccc(C=Cc2ccc(C(=O)OC)cc2)cc1OCOC. The van der Waals surface area contributed by atoms with E-state index in [0.29, 0.717) is 17.1 Å². The maximum atomic E-state index is 11.4. The Hall–Kier alpha value is -2.83. The lowest BCUT2D eigenvalue weighted by atomic mass is 10.1. The molecule has 0 amide bonds. The number of esters is 1. The van der Waals surface area contributed by atoms with Crippen LogP contribution in [-0.2, 0) is 14.2 Å². The van der Waals surface area contributed by atoms with Crippen LogP contribution in [0.15, 0.2) is 42.5 Å². The van der Waals surface area contributed by atoms with E-state index in [0.717, 1.165) is 11.1 Å². The van der Waals surface area contributed by atoms with Gasteiger partial charge in [0.15, 0.2) is 25.1 Å². The van der Waals surface area contributed by atoms with Crippen LogP contribution >= 0.6 is 0 Å². The second-order valence-corrected chi connectivity index (χ2v) is 5.25. The lowest BCUT2D eigenvalue weighted by molar-refractivity contribution is 0.0322. The highest BCUT2D eigenvalue weighted by Gasteiger charge is 2.06. The maximum absolute atomic E-state index is 11.4. The van der Waals surface area contributed by atoms with Gasteiger partial charge in [-0.25, -0.2) is 4.79 Å². The van der Waals surface area contributed by atoms with Crippen molar-refractivity contribution in [3.8, 4) is 11.5 Å². The minimum Gasteiger partial charge on any atom is -0.465 e. The van der Waals surface area contributed by atoms with E-state index in [9.17, 15) is 4.79 Å². The molecule has 0 spiro atoms. The fourth-order valence-corrected chi connectivity index (χ4v) is 2.15. The van der Waals surface area contributed by atoms with Crippen LogP contribution in [0.3, 0.4) is 0 Å². The molecule has 0 atom stereocenters. The molecule has 0 fully saturated rings. The summed E-state index contributed by atoms with van der Waals surface area (Å²) in [5.41, 5.74) is 2.40. The van der Waals surface area contributed by atoms with Gasteiger partial charge in [0.25, 0.3) is 0 Å². The Bertz CT molecular complexity index is 736. The number of benzene rings is 2. The van der Waals surface area contributed by atoms with E-state index < -0.39 is 0 Å². The summed E-state index contributed by atoms with van der Waals surface area (Å²) < 4.78 is 25.6. The summed E-state index contributed by atoms with van der Waals surface area (Å²) in [6.07, 6.45) is 3.87. The Morgan fingerprint density at radius 1 is 0.808 bits per heavy atom. The number of carbonyl (C=O) groups excluding carboxylic acids is 1. The minimum atomic E-state index is -0.355. The normalized spacial score (nSPS) is 10.7. The van der Waals surface area contributed by atoms with Crippen molar-refractivity contribution in [2.45, 2.75) is 0 Å². The summed E-state index contributed by atoms with van der Waals surface area (Å²) in [6.45, 7) is 0.247. The molecule has 0 aliphatic heterocycles. The number of carbonyl (C=O) groups is 1. The third kappa shape index (κ3) is 5.61. The van der Waals surface area contributed by atoms with Gasteiger partial charge in [-0.15, -0.1) is 0 Å². The molecule has 0 aliphatic rings. The van der Waals surface area contributed by atoms with Gasteiger partial charge in [0, 0.05) is 14.2 Å². The summed E-state index contributed by atoms with van der Waals surface area (Å²) in [6, 6.07) is 12.7. The van der Waals surface area contributed by atoms with Crippen LogP contribution in [0.25, 0.3) is 12.2 Å². The van der Waals surface area contributed by atoms with Crippen molar-refractivity contribution < 1.29 is 28.5 Å². The molecule has 0 aliphatic carbocycles. The van der Waals surface area contributed by atoms with Gasteiger partial charge in [-0.1, -0.05) is 30.4 Å². The van der Waals surface area contributed by atoms with E-state index >= 15 is 0 Å². The van der Waals surface area contributed by atoms with Gasteiger partial charge in [0.05, 0.1) is 12.7 Å². The zero-order valence-corrected chi connectivity index (χ0v) is 15.1. The molecule has 2 rings (SSSR count). The number of methoxy groups -OCH3 is 3. The Kier molecular flexibility index (Phi) is 7.67. The standard InChI is InChI=1S/C20H22O6/c1-22-13-25-18-11-8-16(12-19(18)26-14-23-2)5-4-15-6-9-17(10-7-15)20(21)24-3/h4-12H,13-14H2,1-3H3. The van der Waals surface area contributed by atoms with Crippen molar-refractivity contribution in [3.63, 3.8) is 0 Å². The minimum absolute atomic E-state index is 0.117. The molecule has 0 aromatic heterocycles. The van der Waals surface area contributed by atoms with Gasteiger partial charge in [0.1, 0.15) is 0 Å². The third-order valence-corrected chi connectivity index (χ3v) is 3.43. The molecule has 0 saturated heterocycles. The van der Waals surface area contributed by atoms with Crippen LogP contribution < -0.4 is 9.47 Å². The maximum Gasteiger partial charge on any atom is 0.337 e. The lowest BCUT2D eigenvalue weighted by Crippen LogP contribution is -2.04. The van der Waals surface area contributed by atoms with Crippen molar-refractivity contribution in [2.75, 3.05) is 34.9 Å². The molecular weight excluding hydrogens is 336 g/mol. The summed E-state index contributed by atoms with van der Waals surface area (Å²) in [7, 11) is 4.47. The molecule has 138 valence electrons. The van der Waals surface area contributed by atoms with Crippen molar-refractivity contribution in [1.82, 2.24) is 0 Å². The van der Waals surface area contributed by atoms with Gasteiger partial charge in [-0.2, -0.15) is 0 Å². The first-order chi connectivity index (χ1) is 12.7. The topological polar surface area (TPSA) is 63.2 Å². The molecule has 0 saturated carbocycles. The van der Waals surface area contributed by atoms with Crippen LogP contribution in [0.5, 0.6) is 11.5 Å². The first kappa shape index (κ1) is 19.5. The van der Waals surface area contributed by atoms with Crippen molar-refractivity contribution in [2.24, 2.45) is 0 Å². The van der Waals surface area contributed by atoms with E-state index in [4.69, 9.17) is 18.9 Å². The van der Waals surface area contributed by atoms with E-state index in [-0.39, 0.29) is 19.6 Å². The van der Waals surface area contributed by atoms with Gasteiger partial charge in [0.2, 0.25) is 0 Å². The van der Waals surface area contributed by atoms with Gasteiger partial charge >= 0.3 is 5.97 Å². The average Bonchev–Trinajstić information content (AvgIpc) is 2.69. The highest BCUT2D eigenvalue weighted by molar-refractivity contribution is 5.89. The smallest absolute Gasteiger partial charge is 0.337 e. The van der Waals surface area contributed by atoms with Crippen molar-refractivity contribution >= 4 is 18.1 Å². The highest BCUT2D eigenvalue weighted by Crippen LogP contribution is 2.29. The summed E-state index contributed by atoms with van der Waals surface area (Å²) in [5.74, 6) is 0.780. The van der Waals surface area contributed by atoms with Crippen LogP contribution in [0.4, 0.5) is 0 Å². The second kappa shape index (κ2) is 10.2. The first-order valence-corrected chi connectivity index (χ1v) is 7.92. The monoisotopic (exact) mass is 358 g/mol. The number of hydrogen-bond acceptors (Lipinski definition) is 6. The van der Waals surface area contributed by atoms with E-state index in [2.05, 4.69) is 4.74 Å². The molecule has 6 nitrogen and oxygen atoms in total. The molecule has 2 aromatic carbocycles. The molecule has 0 unspecified atom stereocenters. The van der Waals surface area contributed by atoms with E-state index in [1.165, 1.54) is 7.11 Å². The zero-order valence-electron chi connectivity index (χ0n) is 15.1. The number of rotatable bonds is 9. The Morgan fingerprint density at radius 3 is 2.00 bits per heavy atom. The molecule has 0 radical (unpaired) electrons. The van der Waals surface area contributed by atoms with Crippen LogP contribution in [-0.4, -0.2) is 40.9 Å². The molecular formula is C20H22O6. The van der Waals surface area contributed by atoms with E-state index in [1.807, 2.05) is 42.5 Å². The summed E-state index contributed by atoms with van der Waals surface area (Å²) >= 11 is 0. The molecule has 0 N–H and O–H groups in total. The molecule has 6 heteroatoms. The third-order valence-electron chi connectivity index (χ3n) is 3.43. The molecule has 0 heterocycles. The fraction of sp³-hybridized carbons (Fsp3) is 0.250. The largest absolute Gasteiger partial charge is 0.465 e. The molecule has 0 bridgehead atoms. The number of hydrogen-bond donors (Lipinski definition) is 0. The first-order valence-electron chi connectivity index (χ1n) is 7.92. The van der Waals surface area contributed by atoms with Gasteiger partial charge in [-0.05, 0) is 35.4 Å². The Balaban J connectivity index is 2.14. The molecule has 2 aromatic rings. The highest BCUT2D eigenvalue weighted by atomic mass is 16.7. The van der Waals surface area contributed by atoms with Crippen LogP contribution in [0.2, 0.25) is 0 Å². The van der Waals surface area contributed by atoms with Crippen LogP contribution in [0, 0.1) is 0 Å². The van der Waals surface area contributed by atoms with Crippen LogP contribution in [0.1, 0.15) is 21.5 Å². The quantitative estimate of drug-likeness (QED) is 0.388. The Morgan fingerprint density at radius 2 is 1.38 bits per heavy atom. The predicted octanol–water partition coefficient (Wildman–Crippen LogP) is 3.61. The average molecular weight is 358 g/mol. The second-order valence-electron chi connectivity index (χ2n) is 5.25. The lowest BCUT2D eigenvalue weighted by Gasteiger charge is -2.12. The number of ether oxygens (including phenoxy) is 5.